The van der Waals surface area contributed by atoms with Gasteiger partial charge in [-0.2, -0.15) is 0 Å². The van der Waals surface area contributed by atoms with Crippen molar-refractivity contribution in [2.75, 3.05) is 5.75 Å². The lowest BCUT2D eigenvalue weighted by Gasteiger charge is -2.07. The molecule has 5 heteroatoms. The highest BCUT2D eigenvalue weighted by atomic mass is 32.2. The lowest BCUT2D eigenvalue weighted by atomic mass is 10.2. The normalized spacial score (nSPS) is 10.3. The molecule has 0 aromatic heterocycles. The molecule has 0 saturated heterocycles. The second-order valence-corrected chi connectivity index (χ2v) is 4.71. The summed E-state index contributed by atoms with van der Waals surface area (Å²) in [5, 5.41) is 8.71. The Hall–Kier alpha value is -1.49. The molecule has 0 radical (unpaired) electrons. The minimum atomic E-state index is -0.958. The summed E-state index contributed by atoms with van der Waals surface area (Å²) in [7, 11) is 0. The molecule has 1 aromatic carbocycles. The number of hydrogen-bond acceptors (Lipinski definition) is 4. The van der Waals surface area contributed by atoms with Crippen LogP contribution in [0.3, 0.4) is 0 Å². The summed E-state index contributed by atoms with van der Waals surface area (Å²) in [5.74, 6) is -1.00. The first-order valence-electron chi connectivity index (χ1n) is 5.14. The zero-order chi connectivity index (χ0) is 12.8. The van der Waals surface area contributed by atoms with E-state index in [-0.39, 0.29) is 23.4 Å². The van der Waals surface area contributed by atoms with Crippen molar-refractivity contribution in [3.8, 4) is 0 Å². The number of hydrogen-bond donors (Lipinski definition) is 1. The van der Waals surface area contributed by atoms with Crippen LogP contribution in [0.5, 0.6) is 0 Å². The van der Waals surface area contributed by atoms with Crippen LogP contribution in [-0.4, -0.2) is 28.9 Å². The third kappa shape index (κ3) is 4.91. The van der Waals surface area contributed by atoms with Crippen molar-refractivity contribution in [1.29, 1.82) is 0 Å². The Bertz CT molecular complexity index is 397. The van der Waals surface area contributed by atoms with Crippen molar-refractivity contribution in [2.45, 2.75) is 24.8 Å². The maximum atomic E-state index is 11.3. The maximum Gasteiger partial charge on any atom is 0.335 e. The first kappa shape index (κ1) is 13.6. The minimum Gasteiger partial charge on any atom is -0.478 e. The molecular formula is C12H14O4S. The molecule has 0 heterocycles. The molecule has 0 bridgehead atoms. The van der Waals surface area contributed by atoms with E-state index in [1.165, 1.54) is 23.9 Å². The van der Waals surface area contributed by atoms with Gasteiger partial charge in [0.2, 0.25) is 0 Å². The Labute approximate surface area is 104 Å². The summed E-state index contributed by atoms with van der Waals surface area (Å²) >= 11 is 1.32. The van der Waals surface area contributed by atoms with Crippen LogP contribution in [0.2, 0.25) is 0 Å². The highest BCUT2D eigenvalue weighted by Crippen LogP contribution is 2.18. The second kappa shape index (κ2) is 6.30. The smallest absolute Gasteiger partial charge is 0.335 e. The Morgan fingerprint density at radius 2 is 1.88 bits per heavy atom. The van der Waals surface area contributed by atoms with E-state index < -0.39 is 5.97 Å². The van der Waals surface area contributed by atoms with Gasteiger partial charge in [0, 0.05) is 4.90 Å². The Morgan fingerprint density at radius 1 is 1.29 bits per heavy atom. The molecule has 0 aliphatic heterocycles. The molecule has 1 aromatic rings. The highest BCUT2D eigenvalue weighted by molar-refractivity contribution is 8.00. The molecule has 1 rings (SSSR count). The first-order valence-corrected chi connectivity index (χ1v) is 6.13. The Morgan fingerprint density at radius 3 is 2.35 bits per heavy atom. The van der Waals surface area contributed by atoms with Crippen LogP contribution in [0.15, 0.2) is 29.2 Å². The number of ether oxygens (including phenoxy) is 1. The topological polar surface area (TPSA) is 63.6 Å². The van der Waals surface area contributed by atoms with Gasteiger partial charge in [-0.1, -0.05) is 0 Å². The Kier molecular flexibility index (Phi) is 5.03. The molecule has 4 nitrogen and oxygen atoms in total. The van der Waals surface area contributed by atoms with Gasteiger partial charge in [0.25, 0.3) is 0 Å². The quantitative estimate of drug-likeness (QED) is 0.646. The van der Waals surface area contributed by atoms with Gasteiger partial charge in [-0.15, -0.1) is 11.8 Å². The van der Waals surface area contributed by atoms with Gasteiger partial charge >= 0.3 is 11.9 Å². The summed E-state index contributed by atoms with van der Waals surface area (Å²) < 4.78 is 4.98. The second-order valence-electron chi connectivity index (χ2n) is 3.66. The minimum absolute atomic E-state index is 0.113. The predicted octanol–water partition coefficient (Wildman–Crippen LogP) is 2.43. The van der Waals surface area contributed by atoms with Crippen molar-refractivity contribution in [1.82, 2.24) is 0 Å². The van der Waals surface area contributed by atoms with Crippen LogP contribution < -0.4 is 0 Å². The van der Waals surface area contributed by atoms with Gasteiger partial charge in [-0.25, -0.2) is 4.79 Å². The van der Waals surface area contributed by atoms with Crippen molar-refractivity contribution in [2.24, 2.45) is 0 Å². The number of esters is 1. The van der Waals surface area contributed by atoms with Crippen LogP contribution in [0, 0.1) is 0 Å². The third-order valence-corrected chi connectivity index (χ3v) is 2.81. The van der Waals surface area contributed by atoms with Crippen LogP contribution in [0.4, 0.5) is 0 Å². The van der Waals surface area contributed by atoms with E-state index >= 15 is 0 Å². The maximum absolute atomic E-state index is 11.3. The van der Waals surface area contributed by atoms with Gasteiger partial charge in [-0.3, -0.25) is 4.79 Å². The molecule has 0 atom stereocenters. The SMILES string of the molecule is CC(C)OC(=O)CSc1ccc(C(=O)O)cc1. The fraction of sp³-hybridized carbons (Fsp3) is 0.333. The molecule has 92 valence electrons. The average molecular weight is 254 g/mol. The molecule has 0 fully saturated rings. The number of carboxylic acid groups (broad SMARTS) is 1. The van der Waals surface area contributed by atoms with Gasteiger partial charge in [-0.05, 0) is 38.1 Å². The molecule has 17 heavy (non-hydrogen) atoms. The number of rotatable bonds is 5. The number of carbonyl (C=O) groups excluding carboxylic acids is 1. The summed E-state index contributed by atoms with van der Waals surface area (Å²) in [4.78, 5) is 22.7. The highest BCUT2D eigenvalue weighted by Gasteiger charge is 2.07. The van der Waals surface area contributed by atoms with Gasteiger partial charge in [0.05, 0.1) is 17.4 Å². The zero-order valence-corrected chi connectivity index (χ0v) is 10.5. The molecular weight excluding hydrogens is 240 g/mol. The Balaban J connectivity index is 2.47. The lowest BCUT2D eigenvalue weighted by molar-refractivity contribution is -0.144. The number of thioether (sulfide) groups is 1. The summed E-state index contributed by atoms with van der Waals surface area (Å²) in [5.41, 5.74) is 0.235. The summed E-state index contributed by atoms with van der Waals surface area (Å²) in [6.45, 7) is 3.59. The number of benzene rings is 1. The lowest BCUT2D eigenvalue weighted by Crippen LogP contribution is -2.13. The molecule has 0 spiro atoms. The molecule has 0 aliphatic carbocycles. The van der Waals surface area contributed by atoms with Crippen LogP contribution in [0.1, 0.15) is 24.2 Å². The standard InChI is InChI=1S/C12H14O4S/c1-8(2)16-11(13)7-17-10-5-3-9(4-6-10)12(14)15/h3-6,8H,7H2,1-2H3,(H,14,15). The molecule has 0 unspecified atom stereocenters. The van der Waals surface area contributed by atoms with Crippen molar-refractivity contribution in [3.63, 3.8) is 0 Å². The number of carbonyl (C=O) groups is 2. The number of carboxylic acids is 1. The molecule has 0 saturated carbocycles. The predicted molar refractivity (Wildman–Crippen MR) is 65.4 cm³/mol. The van der Waals surface area contributed by atoms with Gasteiger partial charge in [0.15, 0.2) is 0 Å². The van der Waals surface area contributed by atoms with Gasteiger partial charge in [0.1, 0.15) is 0 Å². The fourth-order valence-corrected chi connectivity index (χ4v) is 1.81. The largest absolute Gasteiger partial charge is 0.478 e. The van der Waals surface area contributed by atoms with Crippen molar-refractivity contribution >= 4 is 23.7 Å². The van der Waals surface area contributed by atoms with Gasteiger partial charge < -0.3 is 9.84 Å². The average Bonchev–Trinajstić information content (AvgIpc) is 2.26. The fourth-order valence-electron chi connectivity index (χ4n) is 1.13. The summed E-state index contributed by atoms with van der Waals surface area (Å²) in [6.07, 6.45) is -0.113. The van der Waals surface area contributed by atoms with E-state index in [4.69, 9.17) is 9.84 Å². The van der Waals surface area contributed by atoms with E-state index in [0.717, 1.165) is 4.90 Å². The molecule has 0 amide bonds. The molecule has 0 aliphatic rings. The van der Waals surface area contributed by atoms with Crippen LogP contribution in [0.25, 0.3) is 0 Å². The molecule has 1 N–H and O–H groups in total. The van der Waals surface area contributed by atoms with Crippen molar-refractivity contribution in [3.05, 3.63) is 29.8 Å². The monoisotopic (exact) mass is 254 g/mol. The van der Waals surface area contributed by atoms with Crippen LogP contribution in [-0.2, 0) is 9.53 Å². The third-order valence-electron chi connectivity index (χ3n) is 1.83. The zero-order valence-electron chi connectivity index (χ0n) is 9.67. The first-order chi connectivity index (χ1) is 7.99. The van der Waals surface area contributed by atoms with E-state index in [1.54, 1.807) is 26.0 Å². The van der Waals surface area contributed by atoms with E-state index in [2.05, 4.69) is 0 Å². The van der Waals surface area contributed by atoms with Crippen molar-refractivity contribution < 1.29 is 19.4 Å². The summed E-state index contributed by atoms with van der Waals surface area (Å²) in [6, 6.07) is 6.38. The van der Waals surface area contributed by atoms with E-state index in [9.17, 15) is 9.59 Å². The van der Waals surface area contributed by atoms with E-state index in [0.29, 0.717) is 0 Å². The van der Waals surface area contributed by atoms with Crippen LogP contribution >= 0.6 is 11.8 Å². The number of aromatic carboxylic acids is 1. The van der Waals surface area contributed by atoms with E-state index in [1.807, 2.05) is 0 Å².